The van der Waals surface area contributed by atoms with E-state index < -0.39 is 58.7 Å². The first kappa shape index (κ1) is 26.1. The molecular weight excluding hydrogens is 523 g/mol. The predicted molar refractivity (Wildman–Crippen MR) is 123 cm³/mol. The second-order valence-electron chi connectivity index (χ2n) is 8.24. The van der Waals surface area contributed by atoms with Gasteiger partial charge in [-0.1, -0.05) is 11.6 Å². The van der Waals surface area contributed by atoms with Gasteiger partial charge >= 0.3 is 6.18 Å². The molecule has 1 aliphatic heterocycles. The van der Waals surface area contributed by atoms with Gasteiger partial charge in [-0.25, -0.2) is 8.78 Å². The maximum atomic E-state index is 14.1. The predicted octanol–water partition coefficient (Wildman–Crippen LogP) is 4.83. The fourth-order valence-electron chi connectivity index (χ4n) is 4.14. The lowest BCUT2D eigenvalue weighted by atomic mass is 9.99. The Morgan fingerprint density at radius 2 is 1.73 bits per heavy atom. The van der Waals surface area contributed by atoms with Gasteiger partial charge in [-0.15, -0.1) is 0 Å². The number of halogens is 6. The van der Waals surface area contributed by atoms with E-state index in [0.29, 0.717) is 12.1 Å². The van der Waals surface area contributed by atoms with Crippen molar-refractivity contribution in [1.82, 2.24) is 15.2 Å². The van der Waals surface area contributed by atoms with Crippen LogP contribution in [0, 0.1) is 11.6 Å². The number of aromatic nitrogens is 1. The van der Waals surface area contributed by atoms with Gasteiger partial charge in [0, 0.05) is 23.2 Å². The molecule has 37 heavy (non-hydrogen) atoms. The van der Waals surface area contributed by atoms with Crippen molar-refractivity contribution in [3.63, 3.8) is 0 Å². The number of rotatable bonds is 4. The van der Waals surface area contributed by atoms with Crippen molar-refractivity contribution in [1.29, 1.82) is 0 Å². The number of nitrogens with one attached hydrogen (secondary N) is 3. The molecule has 0 aliphatic carbocycles. The Bertz CT molecular complexity index is 1440. The lowest BCUT2D eigenvalue weighted by molar-refractivity contribution is -0.137. The molecule has 0 saturated heterocycles. The highest BCUT2D eigenvalue weighted by atomic mass is 35.5. The summed E-state index contributed by atoms with van der Waals surface area (Å²) >= 11 is 6.27. The van der Waals surface area contributed by atoms with Gasteiger partial charge < -0.3 is 20.5 Å². The van der Waals surface area contributed by atoms with Crippen molar-refractivity contribution < 1.29 is 36.3 Å². The highest BCUT2D eigenvalue weighted by Crippen LogP contribution is 2.40. The average molecular weight is 541 g/mol. The second-order valence-corrected chi connectivity index (χ2v) is 8.65. The maximum Gasteiger partial charge on any atom is 0.416 e. The van der Waals surface area contributed by atoms with Gasteiger partial charge in [0.2, 0.25) is 5.91 Å². The van der Waals surface area contributed by atoms with E-state index >= 15 is 0 Å². The molecule has 0 saturated carbocycles. The Morgan fingerprint density at radius 1 is 1.03 bits per heavy atom. The topological polar surface area (TPSA) is 92.2 Å². The van der Waals surface area contributed by atoms with E-state index in [1.54, 1.807) is 0 Å². The number of carbonyl (C=O) groups excluding carboxylic acids is 3. The first-order valence-corrected chi connectivity index (χ1v) is 11.1. The van der Waals surface area contributed by atoms with Crippen molar-refractivity contribution in [3.05, 3.63) is 87.2 Å². The largest absolute Gasteiger partial charge is 0.416 e. The Kier molecular flexibility index (Phi) is 6.72. The second kappa shape index (κ2) is 9.51. The van der Waals surface area contributed by atoms with Crippen molar-refractivity contribution in [2.24, 2.45) is 0 Å². The van der Waals surface area contributed by atoms with Gasteiger partial charge in [0.15, 0.2) is 0 Å². The van der Waals surface area contributed by atoms with E-state index in [0.717, 1.165) is 12.1 Å². The van der Waals surface area contributed by atoms with Crippen LogP contribution in [0.1, 0.15) is 56.7 Å². The van der Waals surface area contributed by atoms with Crippen LogP contribution in [0.2, 0.25) is 5.02 Å². The molecule has 2 aromatic carbocycles. The third-order valence-electron chi connectivity index (χ3n) is 5.87. The highest BCUT2D eigenvalue weighted by Gasteiger charge is 2.38. The third kappa shape index (κ3) is 4.88. The Hall–Kier alpha value is -3.93. The summed E-state index contributed by atoms with van der Waals surface area (Å²) < 4.78 is 68.8. The molecule has 13 heteroatoms. The number of nitrogens with zero attached hydrogens (tertiary/aromatic N) is 1. The average Bonchev–Trinajstić information content (AvgIpc) is 3.20. The van der Waals surface area contributed by atoms with Crippen LogP contribution in [0.5, 0.6) is 0 Å². The smallest absolute Gasteiger partial charge is 0.354 e. The Labute approximate surface area is 211 Å². The summed E-state index contributed by atoms with van der Waals surface area (Å²) in [5.41, 5.74) is -1.94. The van der Waals surface area contributed by atoms with Gasteiger partial charge in [-0.3, -0.25) is 14.4 Å². The quantitative estimate of drug-likeness (QED) is 0.414. The molecule has 4 rings (SSSR count). The van der Waals surface area contributed by atoms with E-state index in [-0.39, 0.29) is 33.7 Å². The summed E-state index contributed by atoms with van der Waals surface area (Å²) in [4.78, 5) is 38.4. The molecule has 0 bridgehead atoms. The zero-order valence-corrected chi connectivity index (χ0v) is 19.9. The third-order valence-corrected chi connectivity index (χ3v) is 6.21. The molecule has 0 radical (unpaired) electrons. The van der Waals surface area contributed by atoms with E-state index in [2.05, 4.69) is 16.0 Å². The minimum Gasteiger partial charge on any atom is -0.354 e. The van der Waals surface area contributed by atoms with Gasteiger partial charge in [-0.2, -0.15) is 13.2 Å². The number of carbonyl (C=O) groups is 3. The molecule has 1 aliphatic rings. The highest BCUT2D eigenvalue weighted by molar-refractivity contribution is 6.31. The first-order chi connectivity index (χ1) is 17.3. The standard InChI is InChI=1S/C24H18ClF5N4O3/c1-10-21(35)33-19(15-8-13(26)3-4-16(15)25)20-17(9-18(34(10)20)23(37)31-2)32-22(36)11-5-12(24(28,29)30)7-14(27)6-11/h3-10,19H,1-2H3,(H,31,37)(H,32,36)(H,33,35)/t10-,19+/m1/s1. The zero-order valence-electron chi connectivity index (χ0n) is 19.1. The molecule has 3 aromatic rings. The number of fused-ring (bicyclic) bond motifs is 1. The lowest BCUT2D eigenvalue weighted by Crippen LogP contribution is -2.43. The molecule has 0 unspecified atom stereocenters. The van der Waals surface area contributed by atoms with Gasteiger partial charge in [-0.05, 0) is 49.4 Å². The molecular formula is C24H18ClF5N4O3. The summed E-state index contributed by atoms with van der Waals surface area (Å²) in [6.45, 7) is 1.47. The van der Waals surface area contributed by atoms with Crippen molar-refractivity contribution in [3.8, 4) is 0 Å². The summed E-state index contributed by atoms with van der Waals surface area (Å²) in [5.74, 6) is -4.26. The summed E-state index contributed by atoms with van der Waals surface area (Å²) in [7, 11) is 1.33. The minimum atomic E-state index is -4.90. The number of anilines is 1. The summed E-state index contributed by atoms with van der Waals surface area (Å²) in [5, 5.41) is 7.53. The van der Waals surface area contributed by atoms with E-state index in [4.69, 9.17) is 11.6 Å². The van der Waals surface area contributed by atoms with Crippen LogP contribution in [0.25, 0.3) is 0 Å². The van der Waals surface area contributed by atoms with E-state index in [1.165, 1.54) is 30.7 Å². The SMILES string of the molecule is CNC(=O)c1cc(NC(=O)c2cc(F)cc(C(F)(F)F)c2)c2n1[C@H](C)C(=O)N[C@H]2c1cc(F)ccc1Cl. The molecule has 0 spiro atoms. The van der Waals surface area contributed by atoms with Crippen LogP contribution in [0.3, 0.4) is 0 Å². The van der Waals surface area contributed by atoms with E-state index in [9.17, 15) is 36.3 Å². The Balaban J connectivity index is 1.88. The zero-order chi connectivity index (χ0) is 27.2. The number of hydrogen-bond acceptors (Lipinski definition) is 3. The fraction of sp³-hybridized carbons (Fsp3) is 0.208. The molecule has 7 nitrogen and oxygen atoms in total. The summed E-state index contributed by atoms with van der Waals surface area (Å²) in [6.07, 6.45) is -4.90. The summed E-state index contributed by atoms with van der Waals surface area (Å²) in [6, 6.07) is 3.86. The maximum absolute atomic E-state index is 14.1. The van der Waals surface area contributed by atoms with Crippen LogP contribution in [-0.4, -0.2) is 29.3 Å². The van der Waals surface area contributed by atoms with Crippen LogP contribution >= 0.6 is 11.6 Å². The number of hydrogen-bond donors (Lipinski definition) is 3. The molecule has 0 fully saturated rings. The monoisotopic (exact) mass is 540 g/mol. The number of benzene rings is 2. The molecule has 2 heterocycles. The van der Waals surface area contributed by atoms with Crippen molar-refractivity contribution in [2.45, 2.75) is 25.2 Å². The number of amides is 3. The first-order valence-electron chi connectivity index (χ1n) is 10.7. The fourth-order valence-corrected chi connectivity index (χ4v) is 4.37. The van der Waals surface area contributed by atoms with Crippen LogP contribution in [-0.2, 0) is 11.0 Å². The van der Waals surface area contributed by atoms with Crippen LogP contribution in [0.15, 0.2) is 42.5 Å². The molecule has 194 valence electrons. The van der Waals surface area contributed by atoms with Gasteiger partial charge in [0.05, 0.1) is 23.0 Å². The molecule has 1 aromatic heterocycles. The normalized spacial score (nSPS) is 17.1. The van der Waals surface area contributed by atoms with E-state index in [1.807, 2.05) is 0 Å². The van der Waals surface area contributed by atoms with Crippen LogP contribution in [0.4, 0.5) is 27.6 Å². The Morgan fingerprint density at radius 3 is 2.38 bits per heavy atom. The van der Waals surface area contributed by atoms with Crippen LogP contribution < -0.4 is 16.0 Å². The molecule has 3 N–H and O–H groups in total. The van der Waals surface area contributed by atoms with Gasteiger partial charge in [0.25, 0.3) is 11.8 Å². The molecule has 2 atom stereocenters. The van der Waals surface area contributed by atoms with Crippen molar-refractivity contribution in [2.75, 3.05) is 12.4 Å². The minimum absolute atomic E-state index is 0.0627. The lowest BCUT2D eigenvalue weighted by Gasteiger charge is -2.33. The van der Waals surface area contributed by atoms with Crippen molar-refractivity contribution >= 4 is 35.0 Å². The molecule has 3 amide bonds. The van der Waals surface area contributed by atoms with Gasteiger partial charge in [0.1, 0.15) is 23.4 Å². The number of alkyl halides is 3.